The second-order valence-electron chi connectivity index (χ2n) is 2.57. The molecule has 0 heterocycles. The molecule has 0 aliphatic carbocycles. The third kappa shape index (κ3) is 14.4. The Hall–Kier alpha value is 0.350. The Morgan fingerprint density at radius 3 is 1.94 bits per heavy atom. The molecule has 0 aromatic heterocycles. The van der Waals surface area contributed by atoms with Crippen LogP contribution in [0.3, 0.4) is 0 Å². The predicted molar refractivity (Wildman–Crippen MR) is 83.1 cm³/mol. The van der Waals surface area contributed by atoms with Crippen molar-refractivity contribution in [2.45, 2.75) is 1.05 Å². The van der Waals surface area contributed by atoms with E-state index < -0.39 is 5.91 Å². The van der Waals surface area contributed by atoms with Gasteiger partial charge in [0.1, 0.15) is 0 Å². The van der Waals surface area contributed by atoms with Crippen LogP contribution in [0.1, 0.15) is 5.56 Å². The molecular formula is C10H9Br4NO. The number of hydrogen-bond donors (Lipinski definition) is 1. The summed E-state index contributed by atoms with van der Waals surface area (Å²) in [7, 11) is 0. The lowest BCUT2D eigenvalue weighted by atomic mass is 10.2. The third-order valence-electron chi connectivity index (χ3n) is 1.24. The van der Waals surface area contributed by atoms with Crippen LogP contribution in [0.4, 0.5) is 0 Å². The zero-order valence-electron chi connectivity index (χ0n) is 8.04. The van der Waals surface area contributed by atoms with Crippen LogP contribution in [0.25, 0.3) is 6.08 Å². The molecule has 88 valence electrons. The van der Waals surface area contributed by atoms with E-state index in [1.165, 1.54) is 6.08 Å². The van der Waals surface area contributed by atoms with Crippen molar-refractivity contribution in [1.82, 2.24) is 0 Å². The molecule has 0 fully saturated rings. The summed E-state index contributed by atoms with van der Waals surface area (Å²) in [6, 6.07) is 9.53. The Bertz CT molecular complexity index is 340. The molecule has 0 atom stereocenters. The van der Waals surface area contributed by atoms with Gasteiger partial charge in [-0.1, -0.05) is 30.3 Å². The lowest BCUT2D eigenvalue weighted by Crippen LogP contribution is -2.04. The number of halogens is 4. The van der Waals surface area contributed by atoms with Gasteiger partial charge in [0, 0.05) is 6.08 Å². The number of nitrogens with two attached hydrogens (primary N) is 1. The van der Waals surface area contributed by atoms with Crippen molar-refractivity contribution in [3.8, 4) is 0 Å². The molecule has 0 aliphatic heterocycles. The first kappa shape index (κ1) is 16.4. The molecule has 1 aromatic rings. The highest BCUT2D eigenvalue weighted by molar-refractivity contribution is 9.52. The molecule has 2 nitrogen and oxygen atoms in total. The quantitative estimate of drug-likeness (QED) is 0.498. The van der Waals surface area contributed by atoms with Crippen molar-refractivity contribution in [3.05, 3.63) is 42.0 Å². The van der Waals surface area contributed by atoms with Crippen molar-refractivity contribution in [2.24, 2.45) is 5.73 Å². The second kappa shape index (κ2) is 8.44. The number of rotatable bonds is 2. The minimum absolute atomic E-state index is 0.250. The van der Waals surface area contributed by atoms with E-state index in [9.17, 15) is 4.79 Å². The summed E-state index contributed by atoms with van der Waals surface area (Å²) in [6.07, 6.45) is 3.03. The molecule has 0 saturated heterocycles. The number of amides is 1. The van der Waals surface area contributed by atoms with Gasteiger partial charge in [0.05, 0.1) is 0 Å². The van der Waals surface area contributed by atoms with E-state index in [0.29, 0.717) is 0 Å². The fourth-order valence-electron chi connectivity index (χ4n) is 0.743. The molecule has 16 heavy (non-hydrogen) atoms. The number of hydrogen-bond acceptors (Lipinski definition) is 1. The van der Waals surface area contributed by atoms with Crippen molar-refractivity contribution in [1.29, 1.82) is 0 Å². The SMILES string of the molecule is BrC(Br)(Br)Br.NC(=O)C=Cc1ccccc1. The van der Waals surface area contributed by atoms with Crippen LogP contribution in [-0.4, -0.2) is 6.96 Å². The summed E-state index contributed by atoms with van der Waals surface area (Å²) >= 11 is 12.5. The Labute approximate surface area is 128 Å². The van der Waals surface area contributed by atoms with Crippen LogP contribution in [0.2, 0.25) is 0 Å². The van der Waals surface area contributed by atoms with Crippen molar-refractivity contribution < 1.29 is 4.79 Å². The maximum Gasteiger partial charge on any atom is 0.241 e. The molecule has 0 spiro atoms. The zero-order chi connectivity index (χ0) is 12.6. The predicted octanol–water partition coefficient (Wildman–Crippen LogP) is 4.36. The van der Waals surface area contributed by atoms with Crippen molar-refractivity contribution >= 4 is 75.7 Å². The van der Waals surface area contributed by atoms with E-state index >= 15 is 0 Å². The summed E-state index contributed by atoms with van der Waals surface area (Å²) in [4.78, 5) is 10.3. The van der Waals surface area contributed by atoms with Gasteiger partial charge in [-0.25, -0.2) is 0 Å². The van der Waals surface area contributed by atoms with E-state index in [-0.39, 0.29) is 1.05 Å². The standard InChI is InChI=1S/C9H9NO.CBr4/c10-9(11)7-6-8-4-2-1-3-5-8;2-1(3,4)5/h1-7H,(H2,10,11);. The van der Waals surface area contributed by atoms with E-state index in [2.05, 4.69) is 63.7 Å². The first-order valence-corrected chi connectivity index (χ1v) is 7.24. The van der Waals surface area contributed by atoms with Crippen LogP contribution in [0.15, 0.2) is 36.4 Å². The minimum Gasteiger partial charge on any atom is -0.366 e. The molecule has 0 saturated carbocycles. The Morgan fingerprint density at radius 1 is 1.12 bits per heavy atom. The average molecular weight is 479 g/mol. The topological polar surface area (TPSA) is 43.1 Å². The summed E-state index contributed by atoms with van der Waals surface area (Å²) in [5, 5.41) is 0. The third-order valence-corrected chi connectivity index (χ3v) is 1.24. The highest BCUT2D eigenvalue weighted by Gasteiger charge is 2.08. The van der Waals surface area contributed by atoms with Gasteiger partial charge < -0.3 is 5.73 Å². The smallest absolute Gasteiger partial charge is 0.241 e. The number of carbonyl (C=O) groups is 1. The van der Waals surface area contributed by atoms with Gasteiger partial charge in [-0.05, 0) is 75.4 Å². The van der Waals surface area contributed by atoms with Gasteiger partial charge in [0.15, 0.2) is 1.05 Å². The van der Waals surface area contributed by atoms with Crippen molar-refractivity contribution in [3.63, 3.8) is 0 Å². The number of alkyl halides is 4. The zero-order valence-corrected chi connectivity index (χ0v) is 14.4. The first-order valence-electron chi connectivity index (χ1n) is 4.07. The van der Waals surface area contributed by atoms with Gasteiger partial charge in [-0.2, -0.15) is 0 Å². The molecule has 1 rings (SSSR count). The molecular weight excluding hydrogens is 470 g/mol. The van der Waals surface area contributed by atoms with E-state index in [0.717, 1.165) is 5.56 Å². The fraction of sp³-hybridized carbons (Fsp3) is 0.100. The van der Waals surface area contributed by atoms with Crippen molar-refractivity contribution in [2.75, 3.05) is 0 Å². The molecule has 0 aliphatic rings. The molecule has 0 unspecified atom stereocenters. The highest BCUT2D eigenvalue weighted by atomic mass is 80.0. The fourth-order valence-corrected chi connectivity index (χ4v) is 0.743. The summed E-state index contributed by atoms with van der Waals surface area (Å²) in [6.45, 7) is 0. The number of carbonyl (C=O) groups excluding carboxylic acids is 1. The molecule has 1 aromatic carbocycles. The van der Waals surface area contributed by atoms with Gasteiger partial charge in [-0.15, -0.1) is 0 Å². The first-order chi connectivity index (χ1) is 7.29. The summed E-state index contributed by atoms with van der Waals surface area (Å²) in [5.74, 6) is -0.422. The van der Waals surface area contributed by atoms with Gasteiger partial charge in [-0.3, -0.25) is 4.79 Å². The normalized spacial score (nSPS) is 10.8. The lowest BCUT2D eigenvalue weighted by Gasteiger charge is -1.93. The van der Waals surface area contributed by atoms with E-state index in [1.54, 1.807) is 6.08 Å². The van der Waals surface area contributed by atoms with E-state index in [1.807, 2.05) is 30.3 Å². The minimum atomic E-state index is -0.422. The number of primary amides is 1. The van der Waals surface area contributed by atoms with Gasteiger partial charge in [0.2, 0.25) is 5.91 Å². The van der Waals surface area contributed by atoms with Crippen LogP contribution >= 0.6 is 63.7 Å². The Kier molecular flexibility index (Phi) is 8.63. The average Bonchev–Trinajstić information content (AvgIpc) is 2.14. The molecule has 6 heteroatoms. The second-order valence-corrected chi connectivity index (χ2v) is 13.7. The molecule has 2 N–H and O–H groups in total. The van der Waals surface area contributed by atoms with Gasteiger partial charge >= 0.3 is 0 Å². The lowest BCUT2D eigenvalue weighted by molar-refractivity contribution is -0.113. The van der Waals surface area contributed by atoms with E-state index in [4.69, 9.17) is 5.73 Å². The molecule has 0 radical (unpaired) electrons. The van der Waals surface area contributed by atoms with Gasteiger partial charge in [0.25, 0.3) is 0 Å². The molecule has 1 amide bonds. The Morgan fingerprint density at radius 2 is 1.56 bits per heavy atom. The highest BCUT2D eigenvalue weighted by Crippen LogP contribution is 2.39. The number of benzene rings is 1. The summed E-state index contributed by atoms with van der Waals surface area (Å²) in [5.41, 5.74) is 5.89. The largest absolute Gasteiger partial charge is 0.366 e. The Balaban J connectivity index is 0.000000385. The summed E-state index contributed by atoms with van der Waals surface area (Å²) < 4.78 is -0.250. The van der Waals surface area contributed by atoms with Crippen LogP contribution in [0, 0.1) is 0 Å². The van der Waals surface area contributed by atoms with Crippen LogP contribution < -0.4 is 5.73 Å². The molecule has 0 bridgehead atoms. The maximum atomic E-state index is 10.3. The van der Waals surface area contributed by atoms with Crippen LogP contribution in [0.5, 0.6) is 0 Å². The maximum absolute atomic E-state index is 10.3. The monoisotopic (exact) mass is 475 g/mol. The van der Waals surface area contributed by atoms with Crippen LogP contribution in [-0.2, 0) is 4.79 Å².